The van der Waals surface area contributed by atoms with Gasteiger partial charge in [-0.1, -0.05) is 0 Å². The number of aliphatic hydroxyl groups excluding tert-OH is 1. The normalized spacial score (nSPS) is 16.2. The van der Waals surface area contributed by atoms with Gasteiger partial charge in [0.15, 0.2) is 0 Å². The second-order valence-electron chi connectivity index (χ2n) is 4.13. The van der Waals surface area contributed by atoms with Crippen LogP contribution in [0.1, 0.15) is 24.8 Å². The lowest BCUT2D eigenvalue weighted by atomic mass is 9.91. The molecule has 2 rings (SSSR count). The topological polar surface area (TPSA) is 23.5 Å². The van der Waals surface area contributed by atoms with Crippen molar-refractivity contribution < 1.29 is 9.50 Å². The summed E-state index contributed by atoms with van der Waals surface area (Å²) < 4.78 is 13.0. The molecule has 1 aromatic carbocycles. The van der Waals surface area contributed by atoms with Crippen LogP contribution in [0.15, 0.2) is 18.2 Å². The molecule has 3 heteroatoms. The highest BCUT2D eigenvalue weighted by molar-refractivity contribution is 5.54. The van der Waals surface area contributed by atoms with Crippen molar-refractivity contribution in [2.24, 2.45) is 0 Å². The molecule has 0 aromatic heterocycles. The molecule has 0 heterocycles. The molecule has 82 valence electrons. The van der Waals surface area contributed by atoms with E-state index < -0.39 is 0 Å². The Morgan fingerprint density at radius 1 is 1.47 bits per heavy atom. The van der Waals surface area contributed by atoms with Gasteiger partial charge in [0.1, 0.15) is 5.82 Å². The molecule has 1 saturated carbocycles. The van der Waals surface area contributed by atoms with Gasteiger partial charge in [-0.25, -0.2) is 4.39 Å². The summed E-state index contributed by atoms with van der Waals surface area (Å²) in [6, 6.07) is 5.16. The second-order valence-corrected chi connectivity index (χ2v) is 4.13. The van der Waals surface area contributed by atoms with Crippen LogP contribution in [0.4, 0.5) is 10.1 Å². The maximum Gasteiger partial charge on any atom is 0.123 e. The standard InChI is InChI=1S/C12H16FNO/c1-14(11-3-2-4-11)12-6-5-10(13)7-9(12)8-15/h5-7,11,15H,2-4,8H2,1H3. The van der Waals surface area contributed by atoms with Crippen LogP contribution in [-0.2, 0) is 6.61 Å². The summed E-state index contributed by atoms with van der Waals surface area (Å²) in [5, 5.41) is 9.17. The van der Waals surface area contributed by atoms with E-state index in [0.717, 1.165) is 5.69 Å². The van der Waals surface area contributed by atoms with E-state index in [0.29, 0.717) is 11.6 Å². The number of halogens is 1. The van der Waals surface area contributed by atoms with Crippen LogP contribution in [0.25, 0.3) is 0 Å². The predicted molar refractivity (Wildman–Crippen MR) is 58.4 cm³/mol. The maximum atomic E-state index is 13.0. The predicted octanol–water partition coefficient (Wildman–Crippen LogP) is 2.31. The summed E-state index contributed by atoms with van der Waals surface area (Å²) in [6.45, 7) is -0.107. The van der Waals surface area contributed by atoms with Gasteiger partial charge in [0.25, 0.3) is 0 Å². The lowest BCUT2D eigenvalue weighted by Gasteiger charge is -2.37. The summed E-state index contributed by atoms with van der Waals surface area (Å²) >= 11 is 0. The van der Waals surface area contributed by atoms with E-state index in [1.807, 2.05) is 7.05 Å². The third-order valence-corrected chi connectivity index (χ3v) is 3.21. The molecule has 0 atom stereocenters. The Balaban J connectivity index is 2.25. The van der Waals surface area contributed by atoms with E-state index in [4.69, 9.17) is 0 Å². The summed E-state index contributed by atoms with van der Waals surface area (Å²) in [4.78, 5) is 2.15. The van der Waals surface area contributed by atoms with E-state index >= 15 is 0 Å². The first kappa shape index (κ1) is 10.4. The number of rotatable bonds is 3. The van der Waals surface area contributed by atoms with Gasteiger partial charge >= 0.3 is 0 Å². The molecular weight excluding hydrogens is 193 g/mol. The van der Waals surface area contributed by atoms with Crippen molar-refractivity contribution in [2.45, 2.75) is 31.9 Å². The van der Waals surface area contributed by atoms with Gasteiger partial charge < -0.3 is 10.0 Å². The Labute approximate surface area is 89.3 Å². The fourth-order valence-corrected chi connectivity index (χ4v) is 2.00. The summed E-state index contributed by atoms with van der Waals surface area (Å²) in [6.07, 6.45) is 3.65. The fraction of sp³-hybridized carbons (Fsp3) is 0.500. The molecule has 1 fully saturated rings. The Hall–Kier alpha value is -1.09. The van der Waals surface area contributed by atoms with Gasteiger partial charge in [-0.2, -0.15) is 0 Å². The highest BCUT2D eigenvalue weighted by Crippen LogP contribution is 2.30. The van der Waals surface area contributed by atoms with Gasteiger partial charge in [0, 0.05) is 24.3 Å². The Bertz CT molecular complexity index is 349. The van der Waals surface area contributed by atoms with Crippen molar-refractivity contribution in [3.05, 3.63) is 29.6 Å². The third-order valence-electron chi connectivity index (χ3n) is 3.21. The molecule has 2 nitrogen and oxygen atoms in total. The Kier molecular flexibility index (Phi) is 2.91. The number of nitrogens with zero attached hydrogens (tertiary/aromatic N) is 1. The fourth-order valence-electron chi connectivity index (χ4n) is 2.00. The average Bonchev–Trinajstić information content (AvgIpc) is 2.14. The molecular formula is C12H16FNO. The molecule has 0 bridgehead atoms. The smallest absolute Gasteiger partial charge is 0.123 e. The van der Waals surface area contributed by atoms with Gasteiger partial charge in [-0.05, 0) is 37.5 Å². The van der Waals surface area contributed by atoms with E-state index in [2.05, 4.69) is 4.90 Å². The van der Waals surface area contributed by atoms with E-state index in [9.17, 15) is 9.50 Å². The number of hydrogen-bond acceptors (Lipinski definition) is 2. The van der Waals surface area contributed by atoms with Gasteiger partial charge in [-0.15, -0.1) is 0 Å². The number of anilines is 1. The van der Waals surface area contributed by atoms with Crippen LogP contribution in [0, 0.1) is 5.82 Å². The minimum absolute atomic E-state index is 0.107. The van der Waals surface area contributed by atoms with Crippen molar-refractivity contribution in [3.63, 3.8) is 0 Å². The van der Waals surface area contributed by atoms with Gasteiger partial charge in [-0.3, -0.25) is 0 Å². The summed E-state index contributed by atoms with van der Waals surface area (Å²) in [5.41, 5.74) is 1.62. The van der Waals surface area contributed by atoms with Crippen LogP contribution < -0.4 is 4.90 Å². The van der Waals surface area contributed by atoms with Crippen molar-refractivity contribution in [2.75, 3.05) is 11.9 Å². The average molecular weight is 209 g/mol. The van der Waals surface area contributed by atoms with Crippen LogP contribution in [0.2, 0.25) is 0 Å². The monoisotopic (exact) mass is 209 g/mol. The van der Waals surface area contributed by atoms with Gasteiger partial charge in [0.05, 0.1) is 6.61 Å². The lowest BCUT2D eigenvalue weighted by molar-refractivity contribution is 0.280. The largest absolute Gasteiger partial charge is 0.392 e. The van der Waals surface area contributed by atoms with Crippen LogP contribution >= 0.6 is 0 Å². The first-order chi connectivity index (χ1) is 7.22. The molecule has 0 amide bonds. The molecule has 1 N–H and O–H groups in total. The molecule has 1 aliphatic carbocycles. The van der Waals surface area contributed by atoms with Crippen LogP contribution in [-0.4, -0.2) is 18.2 Å². The zero-order valence-electron chi connectivity index (χ0n) is 8.91. The lowest BCUT2D eigenvalue weighted by Crippen LogP contribution is -2.37. The van der Waals surface area contributed by atoms with E-state index in [1.165, 1.54) is 31.4 Å². The van der Waals surface area contributed by atoms with Gasteiger partial charge in [0.2, 0.25) is 0 Å². The highest BCUT2D eigenvalue weighted by Gasteiger charge is 2.23. The molecule has 0 radical (unpaired) electrons. The highest BCUT2D eigenvalue weighted by atomic mass is 19.1. The molecule has 0 aliphatic heterocycles. The second kappa shape index (κ2) is 4.19. The Morgan fingerprint density at radius 2 is 2.20 bits per heavy atom. The maximum absolute atomic E-state index is 13.0. The van der Waals surface area contributed by atoms with Crippen molar-refractivity contribution in [1.29, 1.82) is 0 Å². The third kappa shape index (κ3) is 1.97. The molecule has 0 unspecified atom stereocenters. The number of benzene rings is 1. The van der Waals surface area contributed by atoms with Crippen molar-refractivity contribution in [3.8, 4) is 0 Å². The molecule has 1 aliphatic rings. The zero-order valence-corrected chi connectivity index (χ0v) is 8.91. The summed E-state index contributed by atoms with van der Waals surface area (Å²) in [5.74, 6) is -0.287. The van der Waals surface area contributed by atoms with Crippen molar-refractivity contribution in [1.82, 2.24) is 0 Å². The Morgan fingerprint density at radius 3 is 2.73 bits per heavy atom. The number of hydrogen-bond donors (Lipinski definition) is 1. The summed E-state index contributed by atoms with van der Waals surface area (Å²) in [7, 11) is 2.01. The minimum atomic E-state index is -0.287. The molecule has 0 saturated heterocycles. The van der Waals surface area contributed by atoms with Crippen molar-refractivity contribution >= 4 is 5.69 Å². The quantitative estimate of drug-likeness (QED) is 0.825. The van der Waals surface area contributed by atoms with E-state index in [-0.39, 0.29) is 12.4 Å². The first-order valence-electron chi connectivity index (χ1n) is 5.34. The SMILES string of the molecule is CN(c1ccc(F)cc1CO)C1CCC1. The minimum Gasteiger partial charge on any atom is -0.392 e. The number of aliphatic hydroxyl groups is 1. The van der Waals surface area contributed by atoms with Crippen LogP contribution in [0.3, 0.4) is 0 Å². The zero-order chi connectivity index (χ0) is 10.8. The van der Waals surface area contributed by atoms with Crippen LogP contribution in [0.5, 0.6) is 0 Å². The van der Waals surface area contributed by atoms with E-state index in [1.54, 1.807) is 6.07 Å². The molecule has 1 aromatic rings. The molecule has 0 spiro atoms. The first-order valence-corrected chi connectivity index (χ1v) is 5.34. The molecule has 15 heavy (non-hydrogen) atoms.